The molecule has 0 aromatic carbocycles. The minimum absolute atomic E-state index is 0.0831. The number of aryl methyl sites for hydroxylation is 2. The van der Waals surface area contributed by atoms with Crippen molar-refractivity contribution in [3.05, 3.63) is 29.1 Å². The molecule has 0 unspecified atom stereocenters. The number of hydrogen-bond donors (Lipinski definition) is 1. The molecule has 1 aliphatic carbocycles. The van der Waals surface area contributed by atoms with E-state index in [0.29, 0.717) is 6.04 Å². The predicted octanol–water partition coefficient (Wildman–Crippen LogP) is 2.73. The summed E-state index contributed by atoms with van der Waals surface area (Å²) < 4.78 is 0. The lowest BCUT2D eigenvalue weighted by molar-refractivity contribution is 0.0556. The highest BCUT2D eigenvalue weighted by atomic mass is 16.3. The van der Waals surface area contributed by atoms with E-state index in [2.05, 4.69) is 22.9 Å². The predicted molar refractivity (Wildman–Crippen MR) is 88.3 cm³/mol. The number of fused-ring (bicyclic) bond motifs is 3. The zero-order chi connectivity index (χ0) is 16.0. The summed E-state index contributed by atoms with van der Waals surface area (Å²) in [5, 5.41) is 9.92. The van der Waals surface area contributed by atoms with Crippen LogP contribution in [0.4, 0.5) is 0 Å². The Morgan fingerprint density at radius 3 is 2.96 bits per heavy atom. The maximum absolute atomic E-state index is 13.1. The molecule has 4 heteroatoms. The maximum Gasteiger partial charge on any atom is 0.255 e. The standard InChI is InChI=1S/C19H26N2O2/c1-2-19(12-22)10-15-7-8-17(19)21(15)18(23)14-9-13-5-3-4-6-16(13)20-11-14/h9,11,15,17,22H,2-8,10,12H2,1H3/t15-,17+,19-/m0/s1. The highest BCUT2D eigenvalue weighted by Crippen LogP contribution is 2.51. The van der Waals surface area contributed by atoms with E-state index in [1.54, 1.807) is 6.20 Å². The van der Waals surface area contributed by atoms with Crippen molar-refractivity contribution in [2.24, 2.45) is 5.41 Å². The van der Waals surface area contributed by atoms with Gasteiger partial charge in [-0.3, -0.25) is 9.78 Å². The number of aliphatic hydroxyl groups excluding tert-OH is 1. The Bertz CT molecular complexity index is 624. The van der Waals surface area contributed by atoms with Crippen LogP contribution in [0.15, 0.2) is 12.3 Å². The Morgan fingerprint density at radius 2 is 2.22 bits per heavy atom. The molecule has 23 heavy (non-hydrogen) atoms. The van der Waals surface area contributed by atoms with Crippen LogP contribution in [-0.2, 0) is 12.8 Å². The van der Waals surface area contributed by atoms with E-state index in [4.69, 9.17) is 0 Å². The van der Waals surface area contributed by atoms with Gasteiger partial charge in [-0.05, 0) is 63.0 Å². The molecule has 2 bridgehead atoms. The Balaban J connectivity index is 1.63. The molecule has 0 saturated carbocycles. The smallest absolute Gasteiger partial charge is 0.255 e. The molecule has 3 heterocycles. The largest absolute Gasteiger partial charge is 0.396 e. The van der Waals surface area contributed by atoms with Crippen LogP contribution < -0.4 is 0 Å². The molecule has 4 nitrogen and oxygen atoms in total. The number of aromatic nitrogens is 1. The Hall–Kier alpha value is -1.42. The van der Waals surface area contributed by atoms with Crippen LogP contribution in [0, 0.1) is 5.41 Å². The van der Waals surface area contributed by atoms with Crippen LogP contribution >= 0.6 is 0 Å². The normalized spacial score (nSPS) is 32.2. The summed E-state index contributed by atoms with van der Waals surface area (Å²) in [4.78, 5) is 19.8. The van der Waals surface area contributed by atoms with Gasteiger partial charge in [-0.2, -0.15) is 0 Å². The maximum atomic E-state index is 13.1. The number of pyridine rings is 1. The monoisotopic (exact) mass is 314 g/mol. The van der Waals surface area contributed by atoms with Crippen molar-refractivity contribution in [3.63, 3.8) is 0 Å². The third-order valence-corrected chi connectivity index (χ3v) is 6.52. The number of hydrogen-bond acceptors (Lipinski definition) is 3. The van der Waals surface area contributed by atoms with Crippen molar-refractivity contribution in [1.29, 1.82) is 0 Å². The van der Waals surface area contributed by atoms with Gasteiger partial charge in [-0.25, -0.2) is 0 Å². The quantitative estimate of drug-likeness (QED) is 0.933. The first-order valence-corrected chi connectivity index (χ1v) is 9.10. The number of rotatable bonds is 3. The fourth-order valence-corrected chi connectivity index (χ4v) is 5.11. The molecule has 3 aliphatic rings. The van der Waals surface area contributed by atoms with Crippen molar-refractivity contribution >= 4 is 5.91 Å². The molecule has 2 saturated heterocycles. The fourth-order valence-electron chi connectivity index (χ4n) is 5.11. The number of carbonyl (C=O) groups is 1. The summed E-state index contributed by atoms with van der Waals surface area (Å²) in [5.41, 5.74) is 3.10. The van der Waals surface area contributed by atoms with Gasteiger partial charge in [-0.1, -0.05) is 6.92 Å². The van der Waals surface area contributed by atoms with Gasteiger partial charge in [0.2, 0.25) is 0 Å². The fraction of sp³-hybridized carbons (Fsp3) is 0.684. The Labute approximate surface area is 137 Å². The number of nitrogens with zero attached hydrogens (tertiary/aromatic N) is 2. The third kappa shape index (κ3) is 2.22. The zero-order valence-electron chi connectivity index (χ0n) is 13.9. The second-order valence-corrected chi connectivity index (χ2v) is 7.57. The first-order valence-electron chi connectivity index (χ1n) is 9.10. The third-order valence-electron chi connectivity index (χ3n) is 6.52. The van der Waals surface area contributed by atoms with E-state index in [-0.39, 0.29) is 24.0 Å². The second-order valence-electron chi connectivity index (χ2n) is 7.57. The molecule has 3 atom stereocenters. The van der Waals surface area contributed by atoms with Crippen molar-refractivity contribution < 1.29 is 9.90 Å². The van der Waals surface area contributed by atoms with Crippen molar-refractivity contribution in [2.75, 3.05) is 6.61 Å². The van der Waals surface area contributed by atoms with E-state index in [1.165, 1.54) is 24.1 Å². The van der Waals surface area contributed by atoms with E-state index in [1.807, 2.05) is 0 Å². The molecule has 0 radical (unpaired) electrons. The number of amides is 1. The Morgan fingerprint density at radius 1 is 1.39 bits per heavy atom. The van der Waals surface area contributed by atoms with Crippen LogP contribution in [0.3, 0.4) is 0 Å². The van der Waals surface area contributed by atoms with E-state index in [0.717, 1.165) is 44.1 Å². The molecule has 1 aromatic heterocycles. The molecule has 0 spiro atoms. The molecule has 1 amide bonds. The Kier molecular flexibility index (Phi) is 3.67. The van der Waals surface area contributed by atoms with Crippen LogP contribution in [0.5, 0.6) is 0 Å². The van der Waals surface area contributed by atoms with Gasteiger partial charge >= 0.3 is 0 Å². The van der Waals surface area contributed by atoms with Gasteiger partial charge in [0.05, 0.1) is 12.2 Å². The molecule has 2 fully saturated rings. The number of aliphatic hydroxyl groups is 1. The highest BCUT2D eigenvalue weighted by molar-refractivity contribution is 5.95. The van der Waals surface area contributed by atoms with Crippen LogP contribution in [0.2, 0.25) is 0 Å². The minimum atomic E-state index is -0.0831. The number of carbonyl (C=O) groups excluding carboxylic acids is 1. The molecule has 4 rings (SSSR count). The summed E-state index contributed by atoms with van der Waals surface area (Å²) in [6, 6.07) is 2.58. The lowest BCUT2D eigenvalue weighted by Gasteiger charge is -2.34. The van der Waals surface area contributed by atoms with Gasteiger partial charge in [0.25, 0.3) is 5.91 Å². The van der Waals surface area contributed by atoms with Crippen LogP contribution in [-0.4, -0.2) is 39.6 Å². The minimum Gasteiger partial charge on any atom is -0.396 e. The second kappa shape index (κ2) is 5.59. The molecular formula is C19H26N2O2. The van der Waals surface area contributed by atoms with Crippen LogP contribution in [0.25, 0.3) is 0 Å². The topological polar surface area (TPSA) is 53.4 Å². The highest BCUT2D eigenvalue weighted by Gasteiger charge is 2.56. The zero-order valence-corrected chi connectivity index (χ0v) is 13.9. The average Bonchev–Trinajstić information content (AvgIpc) is 3.16. The van der Waals surface area contributed by atoms with Crippen LogP contribution in [0.1, 0.15) is 67.1 Å². The van der Waals surface area contributed by atoms with E-state index >= 15 is 0 Å². The first kappa shape index (κ1) is 15.1. The van der Waals surface area contributed by atoms with Gasteiger partial charge in [-0.15, -0.1) is 0 Å². The summed E-state index contributed by atoms with van der Waals surface area (Å²) in [6.07, 6.45) is 10.3. The summed E-state index contributed by atoms with van der Waals surface area (Å²) in [6.45, 7) is 2.33. The summed E-state index contributed by atoms with van der Waals surface area (Å²) in [7, 11) is 0. The van der Waals surface area contributed by atoms with E-state index < -0.39 is 0 Å². The lowest BCUT2D eigenvalue weighted by atomic mass is 9.72. The molecule has 1 aromatic rings. The van der Waals surface area contributed by atoms with Crippen molar-refractivity contribution in [2.45, 2.75) is 70.4 Å². The van der Waals surface area contributed by atoms with Gasteiger partial charge < -0.3 is 10.0 Å². The summed E-state index contributed by atoms with van der Waals surface area (Å²) >= 11 is 0. The molecule has 124 valence electrons. The molecular weight excluding hydrogens is 288 g/mol. The van der Waals surface area contributed by atoms with Crippen molar-refractivity contribution in [3.8, 4) is 0 Å². The molecule has 1 N–H and O–H groups in total. The van der Waals surface area contributed by atoms with Gasteiger partial charge in [0.15, 0.2) is 0 Å². The van der Waals surface area contributed by atoms with Gasteiger partial charge in [0.1, 0.15) is 0 Å². The SMILES string of the molecule is CC[C@@]1(CO)C[C@@H]2CC[C@H]1N2C(=O)c1cnc2c(c1)CCCC2. The van der Waals surface area contributed by atoms with E-state index in [9.17, 15) is 9.90 Å². The van der Waals surface area contributed by atoms with Crippen molar-refractivity contribution in [1.82, 2.24) is 9.88 Å². The van der Waals surface area contributed by atoms with Gasteiger partial charge in [0, 0.05) is 29.4 Å². The average molecular weight is 314 g/mol. The summed E-state index contributed by atoms with van der Waals surface area (Å²) in [5.74, 6) is 0.127. The lowest BCUT2D eigenvalue weighted by Crippen LogP contribution is -2.42. The molecule has 2 aliphatic heterocycles. The first-order chi connectivity index (χ1) is 11.2.